The predicted molar refractivity (Wildman–Crippen MR) is 71.5 cm³/mol. The Morgan fingerprint density at radius 1 is 1.26 bits per heavy atom. The second kappa shape index (κ2) is 6.70. The third-order valence-electron chi connectivity index (χ3n) is 2.65. The summed E-state index contributed by atoms with van der Waals surface area (Å²) in [4.78, 5) is 31.7. The average molecular weight is 287 g/mol. The summed E-state index contributed by atoms with van der Waals surface area (Å²) >= 11 is 0. The second-order valence-electron chi connectivity index (χ2n) is 3.87. The molecule has 0 aliphatic carbocycles. The van der Waals surface area contributed by atoms with E-state index in [0.717, 1.165) is 0 Å². The smallest absolute Gasteiger partial charge is 0.359 e. The van der Waals surface area contributed by atoms with Crippen LogP contribution >= 0.6 is 7.60 Å². The number of para-hydroxylation sites is 1. The Morgan fingerprint density at radius 2 is 1.84 bits per heavy atom. The molecule has 0 saturated heterocycles. The Hall–Kier alpha value is -1.36. The van der Waals surface area contributed by atoms with Gasteiger partial charge in [-0.2, -0.15) is 0 Å². The summed E-state index contributed by atoms with van der Waals surface area (Å²) in [5.41, 5.74) is 0. The van der Waals surface area contributed by atoms with Crippen LogP contribution in [0.4, 0.5) is 0 Å². The molecule has 0 saturated carbocycles. The zero-order chi connectivity index (χ0) is 14.5. The van der Waals surface area contributed by atoms with Crippen molar-refractivity contribution in [3.63, 3.8) is 0 Å². The van der Waals surface area contributed by atoms with Crippen LogP contribution in [0.3, 0.4) is 0 Å². The van der Waals surface area contributed by atoms with Crippen molar-refractivity contribution < 1.29 is 23.9 Å². The first kappa shape index (κ1) is 15.7. The highest BCUT2D eigenvalue weighted by Crippen LogP contribution is 2.37. The third kappa shape index (κ3) is 4.35. The van der Waals surface area contributed by atoms with Crippen molar-refractivity contribution in [3.8, 4) is 5.75 Å². The molecule has 7 heteroatoms. The molecule has 1 rings (SSSR count). The Morgan fingerprint density at radius 3 is 2.37 bits per heavy atom. The van der Waals surface area contributed by atoms with E-state index in [1.165, 1.54) is 18.2 Å². The van der Waals surface area contributed by atoms with Crippen molar-refractivity contribution in [2.75, 3.05) is 19.7 Å². The van der Waals surface area contributed by atoms with Gasteiger partial charge in [0.25, 0.3) is 5.91 Å². The third-order valence-corrected chi connectivity index (χ3v) is 3.64. The number of carbonyl (C=O) groups is 1. The first-order valence-electron chi connectivity index (χ1n) is 5.95. The quantitative estimate of drug-likeness (QED) is 0.753. The van der Waals surface area contributed by atoms with Crippen LogP contribution in [0.2, 0.25) is 0 Å². The number of likely N-dealkylation sites (N-methyl/N-ethyl adjacent to an activating group) is 1. The molecule has 1 aromatic rings. The van der Waals surface area contributed by atoms with Crippen molar-refractivity contribution in [1.29, 1.82) is 0 Å². The molecular formula is C12H18NO5P. The Balaban J connectivity index is 2.79. The number of nitrogens with zero attached hydrogens (tertiary/aromatic N) is 1. The minimum atomic E-state index is -4.40. The molecule has 1 aromatic carbocycles. The predicted octanol–water partition coefficient (Wildman–Crippen LogP) is 0.737. The number of benzene rings is 1. The molecule has 0 aliphatic rings. The molecule has 2 N–H and O–H groups in total. The summed E-state index contributed by atoms with van der Waals surface area (Å²) in [6.07, 6.45) is 0. The zero-order valence-corrected chi connectivity index (χ0v) is 11.8. The molecule has 0 spiro atoms. The highest BCUT2D eigenvalue weighted by molar-refractivity contribution is 7.60. The van der Waals surface area contributed by atoms with Crippen LogP contribution < -0.4 is 10.0 Å². The van der Waals surface area contributed by atoms with Crippen molar-refractivity contribution >= 4 is 18.8 Å². The van der Waals surface area contributed by atoms with Crippen molar-refractivity contribution in [1.82, 2.24) is 4.90 Å². The van der Waals surface area contributed by atoms with E-state index < -0.39 is 7.60 Å². The van der Waals surface area contributed by atoms with Gasteiger partial charge >= 0.3 is 7.60 Å². The van der Waals surface area contributed by atoms with Gasteiger partial charge in [0, 0.05) is 13.1 Å². The van der Waals surface area contributed by atoms with Crippen molar-refractivity contribution in [3.05, 3.63) is 24.3 Å². The first-order chi connectivity index (χ1) is 8.90. The van der Waals surface area contributed by atoms with Gasteiger partial charge in [0.2, 0.25) is 0 Å². The van der Waals surface area contributed by atoms with Crippen LogP contribution in [0.15, 0.2) is 24.3 Å². The van der Waals surface area contributed by atoms with Crippen LogP contribution in [-0.4, -0.2) is 40.3 Å². The van der Waals surface area contributed by atoms with Gasteiger partial charge < -0.3 is 19.4 Å². The molecule has 0 radical (unpaired) electrons. The fourth-order valence-corrected chi connectivity index (χ4v) is 2.33. The molecule has 0 atom stereocenters. The fourth-order valence-electron chi connectivity index (χ4n) is 1.63. The van der Waals surface area contributed by atoms with Gasteiger partial charge in [-0.25, -0.2) is 0 Å². The fraction of sp³-hybridized carbons (Fsp3) is 0.417. The van der Waals surface area contributed by atoms with Gasteiger partial charge in [0.1, 0.15) is 11.1 Å². The van der Waals surface area contributed by atoms with Crippen molar-refractivity contribution in [2.45, 2.75) is 13.8 Å². The molecule has 0 unspecified atom stereocenters. The van der Waals surface area contributed by atoms with Gasteiger partial charge in [0.15, 0.2) is 6.61 Å². The lowest BCUT2D eigenvalue weighted by Crippen LogP contribution is -2.34. The van der Waals surface area contributed by atoms with Gasteiger partial charge in [-0.05, 0) is 26.0 Å². The normalized spacial score (nSPS) is 11.2. The molecule has 0 fully saturated rings. The Bertz CT molecular complexity index is 481. The minimum absolute atomic E-state index is 0.0383. The van der Waals surface area contributed by atoms with E-state index in [-0.39, 0.29) is 23.6 Å². The second-order valence-corrected chi connectivity index (χ2v) is 5.44. The van der Waals surface area contributed by atoms with Gasteiger partial charge in [0.05, 0.1) is 0 Å². The molecule has 0 heterocycles. The molecule has 0 aromatic heterocycles. The lowest BCUT2D eigenvalue weighted by Gasteiger charge is -2.19. The summed E-state index contributed by atoms with van der Waals surface area (Å²) in [6, 6.07) is 5.83. The number of carbonyl (C=O) groups excluding carboxylic acids is 1. The van der Waals surface area contributed by atoms with E-state index in [9.17, 15) is 19.1 Å². The molecule has 0 bridgehead atoms. The van der Waals surface area contributed by atoms with E-state index in [1.54, 1.807) is 11.0 Å². The van der Waals surface area contributed by atoms with Gasteiger partial charge in [-0.15, -0.1) is 0 Å². The summed E-state index contributed by atoms with van der Waals surface area (Å²) in [7, 11) is -4.40. The van der Waals surface area contributed by atoms with Crippen LogP contribution in [-0.2, 0) is 9.36 Å². The van der Waals surface area contributed by atoms with Crippen LogP contribution in [0.25, 0.3) is 0 Å². The maximum atomic E-state index is 11.7. The Labute approximate surface area is 112 Å². The Kier molecular flexibility index (Phi) is 5.54. The van der Waals surface area contributed by atoms with E-state index >= 15 is 0 Å². The van der Waals surface area contributed by atoms with Crippen LogP contribution in [0.5, 0.6) is 5.75 Å². The summed E-state index contributed by atoms with van der Waals surface area (Å²) < 4.78 is 16.5. The molecule has 19 heavy (non-hydrogen) atoms. The van der Waals surface area contributed by atoms with E-state index in [1.807, 2.05) is 13.8 Å². The molecule has 106 valence electrons. The molecule has 6 nitrogen and oxygen atoms in total. The van der Waals surface area contributed by atoms with Crippen molar-refractivity contribution in [2.24, 2.45) is 0 Å². The van der Waals surface area contributed by atoms with E-state index in [4.69, 9.17) is 4.74 Å². The molecule has 0 aliphatic heterocycles. The summed E-state index contributed by atoms with van der Waals surface area (Å²) in [6.45, 7) is 4.60. The highest BCUT2D eigenvalue weighted by Gasteiger charge is 2.22. The van der Waals surface area contributed by atoms with Gasteiger partial charge in [-0.3, -0.25) is 9.36 Å². The molecular weight excluding hydrogens is 269 g/mol. The monoisotopic (exact) mass is 287 g/mol. The highest BCUT2D eigenvalue weighted by atomic mass is 31.2. The van der Waals surface area contributed by atoms with E-state index in [0.29, 0.717) is 13.1 Å². The number of hydrogen-bond donors (Lipinski definition) is 2. The maximum absolute atomic E-state index is 11.7. The molecule has 1 amide bonds. The lowest BCUT2D eigenvalue weighted by atomic mass is 10.3. The topological polar surface area (TPSA) is 87.1 Å². The summed E-state index contributed by atoms with van der Waals surface area (Å²) in [5, 5.41) is -0.206. The maximum Gasteiger partial charge on any atom is 0.359 e. The number of rotatable bonds is 6. The number of amides is 1. The summed E-state index contributed by atoms with van der Waals surface area (Å²) in [5.74, 6) is -0.179. The van der Waals surface area contributed by atoms with Gasteiger partial charge in [-0.1, -0.05) is 12.1 Å². The average Bonchev–Trinajstić information content (AvgIpc) is 2.37. The largest absolute Gasteiger partial charge is 0.483 e. The number of hydrogen-bond acceptors (Lipinski definition) is 3. The lowest BCUT2D eigenvalue weighted by molar-refractivity contribution is -0.132. The minimum Gasteiger partial charge on any atom is -0.483 e. The van der Waals surface area contributed by atoms with Crippen LogP contribution in [0, 0.1) is 0 Å². The SMILES string of the molecule is CCN(CC)C(=O)COc1ccccc1P(=O)(O)O. The number of ether oxygens (including phenoxy) is 1. The standard InChI is InChI=1S/C12H18NO5P/c1-3-13(4-2)12(14)9-18-10-7-5-6-8-11(10)19(15,16)17/h5-8H,3-4,9H2,1-2H3,(H2,15,16,17). The van der Waals surface area contributed by atoms with Crippen LogP contribution in [0.1, 0.15) is 13.8 Å². The zero-order valence-electron chi connectivity index (χ0n) is 10.9. The first-order valence-corrected chi connectivity index (χ1v) is 7.57. The van der Waals surface area contributed by atoms with E-state index in [2.05, 4.69) is 0 Å².